The number of carbonyl (C=O) groups excluding carboxylic acids is 2. The van der Waals surface area contributed by atoms with E-state index in [0.29, 0.717) is 46.8 Å². The normalized spacial score (nSPS) is 18.7. The zero-order valence-electron chi connectivity index (χ0n) is 20.9. The first-order valence-electron chi connectivity index (χ1n) is 12.0. The molecule has 1 atom stereocenters. The summed E-state index contributed by atoms with van der Waals surface area (Å²) >= 11 is 7.25. The summed E-state index contributed by atoms with van der Waals surface area (Å²) in [5.41, 5.74) is 1.64. The molecule has 2 aromatic carbocycles. The Labute approximate surface area is 230 Å². The second kappa shape index (κ2) is 10.3. The number of fused-ring (bicyclic) bond motifs is 2. The van der Waals surface area contributed by atoms with E-state index in [4.69, 9.17) is 16.3 Å². The van der Waals surface area contributed by atoms with Gasteiger partial charge in [-0.15, -0.1) is 11.3 Å². The summed E-state index contributed by atoms with van der Waals surface area (Å²) in [6.07, 6.45) is 2.24. The Bertz CT molecular complexity index is 1510. The van der Waals surface area contributed by atoms with E-state index in [1.165, 1.54) is 30.5 Å². The fourth-order valence-corrected chi connectivity index (χ4v) is 7.16. The predicted molar refractivity (Wildman–Crippen MR) is 145 cm³/mol. The van der Waals surface area contributed by atoms with Crippen LogP contribution in [-0.2, 0) is 38.0 Å². The van der Waals surface area contributed by atoms with Crippen LogP contribution in [0.1, 0.15) is 29.5 Å². The molecule has 1 saturated heterocycles. The van der Waals surface area contributed by atoms with Gasteiger partial charge < -0.3 is 14.5 Å². The van der Waals surface area contributed by atoms with Crippen LogP contribution in [0.15, 0.2) is 53.6 Å². The van der Waals surface area contributed by atoms with Crippen LogP contribution in [0, 0.1) is 0 Å². The molecule has 2 aliphatic heterocycles. The van der Waals surface area contributed by atoms with Crippen molar-refractivity contribution in [1.29, 1.82) is 0 Å². The number of carbonyl (C=O) groups is 2. The molecule has 1 unspecified atom stereocenters. The number of thiazole rings is 1. The Morgan fingerprint density at radius 2 is 2.03 bits per heavy atom. The van der Waals surface area contributed by atoms with E-state index >= 15 is 0 Å². The summed E-state index contributed by atoms with van der Waals surface area (Å²) in [5.74, 6) is 0.443. The summed E-state index contributed by atoms with van der Waals surface area (Å²) < 4.78 is 35.0. The van der Waals surface area contributed by atoms with Crippen LogP contribution in [0.4, 0.5) is 5.69 Å². The fraction of sp³-hybridized carbons (Fsp3) is 0.346. The van der Waals surface area contributed by atoms with Crippen molar-refractivity contribution < 1.29 is 22.7 Å². The maximum Gasteiger partial charge on any atom is 0.240 e. The Balaban J connectivity index is 1.45. The number of aromatic nitrogens is 1. The average Bonchev–Trinajstić information content (AvgIpc) is 3.61. The highest BCUT2D eigenvalue weighted by atomic mass is 35.5. The lowest BCUT2D eigenvalue weighted by Gasteiger charge is -2.25. The topological polar surface area (TPSA) is 109 Å². The van der Waals surface area contributed by atoms with E-state index in [2.05, 4.69) is 9.71 Å². The molecule has 1 fully saturated rings. The molecule has 9 nitrogen and oxygen atoms in total. The quantitative estimate of drug-likeness (QED) is 0.463. The molecule has 2 amide bonds. The minimum Gasteiger partial charge on any atom is -0.497 e. The van der Waals surface area contributed by atoms with Crippen LogP contribution >= 0.6 is 22.9 Å². The molecule has 1 N–H and O–H groups in total. The van der Waals surface area contributed by atoms with Gasteiger partial charge in [-0.1, -0.05) is 23.7 Å². The van der Waals surface area contributed by atoms with Gasteiger partial charge in [-0.2, -0.15) is 0 Å². The minimum atomic E-state index is -3.86. The van der Waals surface area contributed by atoms with Crippen LogP contribution in [0.3, 0.4) is 0 Å². The average molecular weight is 575 g/mol. The van der Waals surface area contributed by atoms with Crippen molar-refractivity contribution in [3.05, 3.63) is 69.1 Å². The van der Waals surface area contributed by atoms with Crippen LogP contribution in [0.25, 0.3) is 0 Å². The maximum absolute atomic E-state index is 13.4. The lowest BCUT2D eigenvalue weighted by Crippen LogP contribution is -2.40. The largest absolute Gasteiger partial charge is 0.497 e. The lowest BCUT2D eigenvalue weighted by atomic mass is 9.81. The van der Waals surface area contributed by atoms with Crippen molar-refractivity contribution in [2.45, 2.75) is 36.6 Å². The lowest BCUT2D eigenvalue weighted by molar-refractivity contribution is -0.127. The van der Waals surface area contributed by atoms with Crippen LogP contribution in [0.5, 0.6) is 5.75 Å². The Morgan fingerprint density at radius 3 is 2.71 bits per heavy atom. The maximum atomic E-state index is 13.4. The number of hydrogen-bond donors (Lipinski definition) is 1. The molecular formula is C26H27ClN4O5S2. The highest BCUT2D eigenvalue weighted by Crippen LogP contribution is 2.47. The molecule has 0 aliphatic carbocycles. The zero-order chi connectivity index (χ0) is 27.1. The Hall–Kier alpha value is -2.99. The molecule has 38 heavy (non-hydrogen) atoms. The van der Waals surface area contributed by atoms with Gasteiger partial charge in [-0.3, -0.25) is 9.59 Å². The van der Waals surface area contributed by atoms with Crippen LogP contribution < -0.4 is 14.4 Å². The molecule has 1 aromatic heterocycles. The molecule has 3 aromatic rings. The number of likely N-dealkylation sites (tertiary alicyclic amines) is 1. The number of nitrogens with zero attached hydrogens (tertiary/aromatic N) is 3. The number of amides is 2. The first-order chi connectivity index (χ1) is 18.1. The Morgan fingerprint density at radius 1 is 1.21 bits per heavy atom. The van der Waals surface area contributed by atoms with Crippen molar-refractivity contribution in [2.75, 3.05) is 31.6 Å². The molecule has 2 aliphatic rings. The number of nitrogens with one attached hydrogen (secondary N) is 1. The van der Waals surface area contributed by atoms with Crippen molar-refractivity contribution in [2.24, 2.45) is 0 Å². The number of ether oxygens (including phenoxy) is 1. The van der Waals surface area contributed by atoms with Crippen molar-refractivity contribution in [3.8, 4) is 5.75 Å². The monoisotopic (exact) mass is 574 g/mol. The van der Waals surface area contributed by atoms with Gasteiger partial charge >= 0.3 is 0 Å². The van der Waals surface area contributed by atoms with Crippen molar-refractivity contribution in [1.82, 2.24) is 14.6 Å². The first-order valence-corrected chi connectivity index (χ1v) is 14.7. The van der Waals surface area contributed by atoms with Gasteiger partial charge in [0.1, 0.15) is 15.1 Å². The molecule has 5 rings (SSSR count). The summed E-state index contributed by atoms with van der Waals surface area (Å²) in [7, 11) is -2.30. The number of hydrogen-bond acceptors (Lipinski definition) is 7. The summed E-state index contributed by atoms with van der Waals surface area (Å²) in [4.78, 5) is 33.3. The highest BCUT2D eigenvalue weighted by Gasteiger charge is 2.49. The number of halogens is 1. The van der Waals surface area contributed by atoms with Gasteiger partial charge in [-0.25, -0.2) is 18.1 Å². The van der Waals surface area contributed by atoms with E-state index in [1.54, 1.807) is 47.2 Å². The molecule has 0 saturated carbocycles. The third-order valence-corrected chi connectivity index (χ3v) is 9.64. The first kappa shape index (κ1) is 26.6. The predicted octanol–water partition coefficient (Wildman–Crippen LogP) is 3.36. The smallest absolute Gasteiger partial charge is 0.240 e. The van der Waals surface area contributed by atoms with E-state index < -0.39 is 15.4 Å². The summed E-state index contributed by atoms with van der Waals surface area (Å²) in [5, 5.41) is 0.611. The van der Waals surface area contributed by atoms with Crippen LogP contribution in [0.2, 0.25) is 4.34 Å². The Kier molecular flexibility index (Phi) is 7.21. The van der Waals surface area contributed by atoms with E-state index in [-0.39, 0.29) is 29.7 Å². The van der Waals surface area contributed by atoms with Gasteiger partial charge in [0.15, 0.2) is 0 Å². The third kappa shape index (κ3) is 5.15. The highest BCUT2D eigenvalue weighted by molar-refractivity contribution is 7.89. The summed E-state index contributed by atoms with van der Waals surface area (Å²) in [6.45, 7) is 2.95. The molecule has 200 valence electrons. The number of rotatable bonds is 7. The fourth-order valence-electron chi connectivity index (χ4n) is 5.17. The van der Waals surface area contributed by atoms with Crippen molar-refractivity contribution >= 4 is 50.5 Å². The number of anilines is 1. The van der Waals surface area contributed by atoms with Crippen LogP contribution in [-0.4, -0.2) is 56.9 Å². The number of benzene rings is 2. The number of sulfonamides is 1. The second-order valence-corrected chi connectivity index (χ2v) is 13.1. The molecule has 0 bridgehead atoms. The van der Waals surface area contributed by atoms with Gasteiger partial charge in [0.2, 0.25) is 21.8 Å². The molecule has 0 radical (unpaired) electrons. The SMILES string of the molecule is COc1cccc(CNS(=O)(=O)c2ccc3c(c2)C2(CCN(C(C)=O)C2)CN3C(=O)Cc2ncc(Cl)s2)c1. The van der Waals surface area contributed by atoms with E-state index in [0.717, 1.165) is 11.1 Å². The zero-order valence-corrected chi connectivity index (χ0v) is 23.3. The van der Waals surface area contributed by atoms with Gasteiger partial charge in [-0.05, 0) is 47.9 Å². The molecular weight excluding hydrogens is 548 g/mol. The number of methoxy groups -OCH3 is 1. The van der Waals surface area contributed by atoms with Gasteiger partial charge in [0.05, 0.1) is 24.6 Å². The molecule has 1 spiro atoms. The van der Waals surface area contributed by atoms with Crippen molar-refractivity contribution in [3.63, 3.8) is 0 Å². The standard InChI is InChI=1S/C26H27ClN4O5S2/c1-17(32)30-9-8-26(15-30)16-31(25(33)12-24-28-14-23(27)37-24)22-7-6-20(11-21(22)26)38(34,35)29-13-18-4-3-5-19(10-18)36-2/h3-7,10-11,14,29H,8-9,12-13,15-16H2,1-2H3. The molecule has 12 heteroatoms. The van der Waals surface area contributed by atoms with E-state index in [1.807, 2.05) is 6.07 Å². The van der Waals surface area contributed by atoms with Gasteiger partial charge in [0.25, 0.3) is 0 Å². The minimum absolute atomic E-state index is 0.0469. The second-order valence-electron chi connectivity index (χ2n) is 9.54. The van der Waals surface area contributed by atoms with E-state index in [9.17, 15) is 18.0 Å². The summed E-state index contributed by atoms with van der Waals surface area (Å²) in [6, 6.07) is 12.0. The van der Waals surface area contributed by atoms with Gasteiger partial charge in [0, 0.05) is 44.2 Å². The third-order valence-electron chi connectivity index (χ3n) is 7.13. The molecule has 3 heterocycles.